The van der Waals surface area contributed by atoms with Crippen molar-refractivity contribution in [1.29, 1.82) is 0 Å². The molecule has 110 valence electrons. The number of halogens is 1. The van der Waals surface area contributed by atoms with Crippen LogP contribution in [0.1, 0.15) is 55.5 Å². The molecule has 0 spiro atoms. The normalized spacial score (nSPS) is 15.8. The van der Waals surface area contributed by atoms with Crippen LogP contribution >= 0.6 is 0 Å². The summed E-state index contributed by atoms with van der Waals surface area (Å²) < 4.78 is 13.2. The van der Waals surface area contributed by atoms with Gasteiger partial charge in [-0.05, 0) is 49.4 Å². The molecule has 1 aromatic rings. The van der Waals surface area contributed by atoms with E-state index in [0.29, 0.717) is 17.5 Å². The predicted octanol–water partition coefficient (Wildman–Crippen LogP) is 4.17. The van der Waals surface area contributed by atoms with Crippen molar-refractivity contribution in [2.24, 2.45) is 5.92 Å². The van der Waals surface area contributed by atoms with E-state index in [4.69, 9.17) is 0 Å². The smallest absolute Gasteiger partial charge is 0.254 e. The molecule has 2 nitrogen and oxygen atoms in total. The standard InChI is InChI=1S/C17H24FNO/c1-12(2)11-19(15-6-4-5-7-15)17(20)16-9-8-14(18)10-13(16)3/h8-10,12,15H,4-7,11H2,1-3H3. The van der Waals surface area contributed by atoms with Gasteiger partial charge in [-0.3, -0.25) is 4.79 Å². The highest BCUT2D eigenvalue weighted by atomic mass is 19.1. The van der Waals surface area contributed by atoms with Crippen molar-refractivity contribution < 1.29 is 9.18 Å². The maximum Gasteiger partial charge on any atom is 0.254 e. The Hall–Kier alpha value is -1.38. The Balaban J connectivity index is 2.24. The summed E-state index contributed by atoms with van der Waals surface area (Å²) in [4.78, 5) is 14.8. The van der Waals surface area contributed by atoms with E-state index in [1.807, 2.05) is 4.90 Å². The SMILES string of the molecule is Cc1cc(F)ccc1C(=O)N(CC(C)C)C1CCCC1. The number of amides is 1. The minimum Gasteiger partial charge on any atom is -0.335 e. The number of rotatable bonds is 4. The number of hydrogen-bond acceptors (Lipinski definition) is 1. The van der Waals surface area contributed by atoms with Gasteiger partial charge in [0.15, 0.2) is 0 Å². The highest BCUT2D eigenvalue weighted by molar-refractivity contribution is 5.95. The first kappa shape index (κ1) is 15.0. The van der Waals surface area contributed by atoms with E-state index in [1.165, 1.54) is 25.0 Å². The molecule has 2 rings (SSSR count). The van der Waals surface area contributed by atoms with Crippen molar-refractivity contribution in [3.05, 3.63) is 35.1 Å². The Morgan fingerprint density at radius 2 is 2.00 bits per heavy atom. The maximum atomic E-state index is 13.2. The highest BCUT2D eigenvalue weighted by Crippen LogP contribution is 2.26. The van der Waals surface area contributed by atoms with Crippen LogP contribution in [-0.4, -0.2) is 23.4 Å². The van der Waals surface area contributed by atoms with Gasteiger partial charge in [0, 0.05) is 18.2 Å². The third-order valence-electron chi connectivity index (χ3n) is 4.01. The highest BCUT2D eigenvalue weighted by Gasteiger charge is 2.28. The molecule has 0 atom stereocenters. The van der Waals surface area contributed by atoms with Crippen LogP contribution in [0.2, 0.25) is 0 Å². The topological polar surface area (TPSA) is 20.3 Å². The summed E-state index contributed by atoms with van der Waals surface area (Å²) in [6, 6.07) is 4.79. The second-order valence-electron chi connectivity index (χ2n) is 6.25. The molecule has 0 radical (unpaired) electrons. The lowest BCUT2D eigenvalue weighted by atomic mass is 10.0. The monoisotopic (exact) mass is 277 g/mol. The van der Waals surface area contributed by atoms with E-state index in [0.717, 1.165) is 24.9 Å². The van der Waals surface area contributed by atoms with Crippen molar-refractivity contribution in [2.45, 2.75) is 52.5 Å². The Morgan fingerprint density at radius 1 is 1.35 bits per heavy atom. The molecule has 0 aliphatic heterocycles. The minimum atomic E-state index is -0.282. The van der Waals surface area contributed by atoms with E-state index in [-0.39, 0.29) is 11.7 Å². The molecule has 1 aromatic carbocycles. The maximum absolute atomic E-state index is 13.2. The zero-order valence-corrected chi connectivity index (χ0v) is 12.7. The van der Waals surface area contributed by atoms with Crippen LogP contribution in [-0.2, 0) is 0 Å². The average molecular weight is 277 g/mol. The van der Waals surface area contributed by atoms with Gasteiger partial charge in [-0.1, -0.05) is 26.7 Å². The molecule has 0 heterocycles. The number of nitrogens with zero attached hydrogens (tertiary/aromatic N) is 1. The van der Waals surface area contributed by atoms with Crippen molar-refractivity contribution in [3.8, 4) is 0 Å². The molecule has 0 aromatic heterocycles. The van der Waals surface area contributed by atoms with Gasteiger partial charge in [0.25, 0.3) is 5.91 Å². The minimum absolute atomic E-state index is 0.0584. The van der Waals surface area contributed by atoms with E-state index in [9.17, 15) is 9.18 Å². The molecule has 1 aliphatic carbocycles. The number of aryl methyl sites for hydroxylation is 1. The van der Waals surface area contributed by atoms with Crippen LogP contribution < -0.4 is 0 Å². The van der Waals surface area contributed by atoms with Gasteiger partial charge in [-0.15, -0.1) is 0 Å². The van der Waals surface area contributed by atoms with E-state index >= 15 is 0 Å². The number of carbonyl (C=O) groups excluding carboxylic acids is 1. The van der Waals surface area contributed by atoms with Gasteiger partial charge in [-0.25, -0.2) is 4.39 Å². The fourth-order valence-corrected chi connectivity index (χ4v) is 3.03. The van der Waals surface area contributed by atoms with Gasteiger partial charge in [0.05, 0.1) is 0 Å². The summed E-state index contributed by atoms with van der Waals surface area (Å²) in [5.74, 6) is 0.221. The molecule has 1 aliphatic rings. The summed E-state index contributed by atoms with van der Waals surface area (Å²) in [5.41, 5.74) is 1.36. The summed E-state index contributed by atoms with van der Waals surface area (Å²) in [5, 5.41) is 0. The van der Waals surface area contributed by atoms with Crippen molar-refractivity contribution in [1.82, 2.24) is 4.90 Å². The van der Waals surface area contributed by atoms with Crippen LogP contribution in [0.25, 0.3) is 0 Å². The van der Waals surface area contributed by atoms with Crippen LogP contribution in [0.15, 0.2) is 18.2 Å². The van der Waals surface area contributed by atoms with E-state index in [1.54, 1.807) is 13.0 Å². The molecule has 20 heavy (non-hydrogen) atoms. The average Bonchev–Trinajstić information content (AvgIpc) is 2.88. The molecular weight excluding hydrogens is 253 g/mol. The van der Waals surface area contributed by atoms with Gasteiger partial charge in [0.2, 0.25) is 0 Å². The van der Waals surface area contributed by atoms with Gasteiger partial charge in [0.1, 0.15) is 5.82 Å². The largest absolute Gasteiger partial charge is 0.335 e. The molecule has 1 amide bonds. The second kappa shape index (κ2) is 6.38. The van der Waals surface area contributed by atoms with Crippen LogP contribution in [0.4, 0.5) is 4.39 Å². The van der Waals surface area contributed by atoms with Crippen molar-refractivity contribution >= 4 is 5.91 Å². The third-order valence-corrected chi connectivity index (χ3v) is 4.01. The summed E-state index contributed by atoms with van der Waals surface area (Å²) in [6.07, 6.45) is 4.60. The van der Waals surface area contributed by atoms with Gasteiger partial charge in [-0.2, -0.15) is 0 Å². The lowest BCUT2D eigenvalue weighted by Gasteiger charge is -2.31. The fourth-order valence-electron chi connectivity index (χ4n) is 3.03. The van der Waals surface area contributed by atoms with Crippen molar-refractivity contribution in [2.75, 3.05) is 6.54 Å². The van der Waals surface area contributed by atoms with E-state index in [2.05, 4.69) is 13.8 Å². The Bertz CT molecular complexity index is 478. The van der Waals surface area contributed by atoms with Crippen LogP contribution in [0.5, 0.6) is 0 Å². The van der Waals surface area contributed by atoms with Crippen LogP contribution in [0.3, 0.4) is 0 Å². The van der Waals surface area contributed by atoms with Crippen molar-refractivity contribution in [3.63, 3.8) is 0 Å². The Labute approximate surface area is 121 Å². The molecule has 1 fully saturated rings. The molecule has 3 heteroatoms. The summed E-state index contributed by atoms with van der Waals surface area (Å²) in [6.45, 7) is 6.85. The zero-order chi connectivity index (χ0) is 14.7. The molecule has 0 N–H and O–H groups in total. The molecule has 0 saturated heterocycles. The molecule has 0 unspecified atom stereocenters. The predicted molar refractivity (Wildman–Crippen MR) is 79.3 cm³/mol. The lowest BCUT2D eigenvalue weighted by Crippen LogP contribution is -2.41. The zero-order valence-electron chi connectivity index (χ0n) is 12.7. The number of benzene rings is 1. The lowest BCUT2D eigenvalue weighted by molar-refractivity contribution is 0.0654. The first-order valence-electron chi connectivity index (χ1n) is 7.56. The summed E-state index contributed by atoms with van der Waals surface area (Å²) >= 11 is 0. The van der Waals surface area contributed by atoms with Gasteiger partial charge < -0.3 is 4.90 Å². The second-order valence-corrected chi connectivity index (χ2v) is 6.25. The fraction of sp³-hybridized carbons (Fsp3) is 0.588. The molecular formula is C17H24FNO. The number of carbonyl (C=O) groups is 1. The molecule has 1 saturated carbocycles. The first-order valence-corrected chi connectivity index (χ1v) is 7.56. The van der Waals surface area contributed by atoms with Gasteiger partial charge >= 0.3 is 0 Å². The summed E-state index contributed by atoms with van der Waals surface area (Å²) in [7, 11) is 0. The first-order chi connectivity index (χ1) is 9.49. The van der Waals surface area contributed by atoms with E-state index < -0.39 is 0 Å². The molecule has 0 bridgehead atoms. The quantitative estimate of drug-likeness (QED) is 0.808. The van der Waals surface area contributed by atoms with Crippen LogP contribution in [0, 0.1) is 18.7 Å². The third kappa shape index (κ3) is 3.38. The Kier molecular flexibility index (Phi) is 4.79. The number of hydrogen-bond donors (Lipinski definition) is 0. The Morgan fingerprint density at radius 3 is 2.55 bits per heavy atom.